The molecule has 0 atom stereocenters. The lowest BCUT2D eigenvalue weighted by molar-refractivity contribution is -0.115. The summed E-state index contributed by atoms with van der Waals surface area (Å²) in [6.45, 7) is 0. The second kappa shape index (κ2) is 6.98. The topological polar surface area (TPSA) is 95.1 Å². The number of carbonyl (C=O) groups excluding carboxylic acids is 1. The van der Waals surface area contributed by atoms with Crippen molar-refractivity contribution in [3.63, 3.8) is 0 Å². The summed E-state index contributed by atoms with van der Waals surface area (Å²) in [6.07, 6.45) is 1.84. The number of amides is 1. The van der Waals surface area contributed by atoms with E-state index >= 15 is 0 Å². The minimum atomic E-state index is -0.103. The molecule has 0 aliphatic carbocycles. The van der Waals surface area contributed by atoms with Gasteiger partial charge in [0.2, 0.25) is 5.91 Å². The Balaban J connectivity index is 1.87. The molecule has 0 spiro atoms. The van der Waals surface area contributed by atoms with Crippen LogP contribution in [-0.2, 0) is 11.8 Å². The van der Waals surface area contributed by atoms with E-state index in [2.05, 4.69) is 15.4 Å². The summed E-state index contributed by atoms with van der Waals surface area (Å²) in [5.41, 5.74) is 6.85. The predicted molar refractivity (Wildman–Crippen MR) is 82.4 cm³/mol. The highest BCUT2D eigenvalue weighted by Crippen LogP contribution is 2.26. The molecule has 0 aliphatic rings. The molecule has 0 unspecified atom stereocenters. The zero-order chi connectivity index (χ0) is 15.2. The molecule has 21 heavy (non-hydrogen) atoms. The van der Waals surface area contributed by atoms with Gasteiger partial charge < -0.3 is 15.8 Å². The minimum absolute atomic E-state index is 0.103. The van der Waals surface area contributed by atoms with Gasteiger partial charge in [-0.05, 0) is 18.2 Å². The first-order valence-electron chi connectivity index (χ1n) is 6.30. The maximum atomic E-state index is 11.9. The lowest BCUT2D eigenvalue weighted by Crippen LogP contribution is -2.13. The Kier molecular flexibility index (Phi) is 5.04. The van der Waals surface area contributed by atoms with Crippen molar-refractivity contribution in [2.24, 2.45) is 7.05 Å². The number of thioether (sulfide) groups is 1. The first-order valence-corrected chi connectivity index (χ1v) is 7.29. The van der Waals surface area contributed by atoms with Crippen LogP contribution in [0.1, 0.15) is 6.42 Å². The Morgan fingerprint density at radius 2 is 2.33 bits per heavy atom. The molecule has 1 aromatic carbocycles. The number of ether oxygens (including phenoxy) is 1. The van der Waals surface area contributed by atoms with Crippen LogP contribution >= 0.6 is 11.8 Å². The number of hydrogen-bond acceptors (Lipinski definition) is 6. The van der Waals surface area contributed by atoms with E-state index < -0.39 is 0 Å². The normalized spacial score (nSPS) is 10.4. The zero-order valence-corrected chi connectivity index (χ0v) is 12.7. The summed E-state index contributed by atoms with van der Waals surface area (Å²) in [5, 5.41) is 7.55. The molecule has 0 bridgehead atoms. The molecule has 1 aromatic heterocycles. The summed E-state index contributed by atoms with van der Waals surface area (Å²) >= 11 is 1.48. The number of anilines is 2. The Morgan fingerprint density at radius 3 is 3.00 bits per heavy atom. The van der Waals surface area contributed by atoms with Gasteiger partial charge in [-0.3, -0.25) is 4.79 Å². The molecule has 2 rings (SSSR count). The number of nitrogens with one attached hydrogen (secondary N) is 1. The number of hydrogen-bond donors (Lipinski definition) is 2. The molecular weight excluding hydrogens is 290 g/mol. The van der Waals surface area contributed by atoms with Crippen molar-refractivity contribution in [3.05, 3.63) is 24.5 Å². The Bertz CT molecular complexity index is 629. The number of nitrogens with two attached hydrogens (primary N) is 1. The number of aryl methyl sites for hydroxylation is 1. The fourth-order valence-electron chi connectivity index (χ4n) is 1.69. The van der Waals surface area contributed by atoms with Crippen molar-refractivity contribution in [2.75, 3.05) is 23.9 Å². The van der Waals surface area contributed by atoms with Crippen LogP contribution in [-0.4, -0.2) is 33.5 Å². The Hall–Kier alpha value is -2.22. The molecule has 0 saturated heterocycles. The standard InChI is InChI=1S/C13H17N5O2S/c1-18-13(15-8-16-18)21-6-5-12(19)17-10-7-9(14)3-4-11(10)20-2/h3-4,7-8H,5-6,14H2,1-2H3,(H,17,19). The molecule has 1 amide bonds. The van der Waals surface area contributed by atoms with Crippen molar-refractivity contribution in [1.82, 2.24) is 14.8 Å². The van der Waals surface area contributed by atoms with Crippen molar-refractivity contribution in [1.29, 1.82) is 0 Å². The van der Waals surface area contributed by atoms with Crippen LogP contribution in [0, 0.1) is 0 Å². The van der Waals surface area contributed by atoms with Crippen LogP contribution in [0.25, 0.3) is 0 Å². The van der Waals surface area contributed by atoms with E-state index in [1.807, 2.05) is 7.05 Å². The average Bonchev–Trinajstić information content (AvgIpc) is 2.85. The Labute approximate surface area is 126 Å². The van der Waals surface area contributed by atoms with E-state index in [4.69, 9.17) is 10.5 Å². The number of carbonyl (C=O) groups is 1. The van der Waals surface area contributed by atoms with E-state index in [9.17, 15) is 4.79 Å². The lowest BCUT2D eigenvalue weighted by Gasteiger charge is -2.10. The first kappa shape index (κ1) is 15.2. The largest absolute Gasteiger partial charge is 0.495 e. The molecule has 112 valence electrons. The van der Waals surface area contributed by atoms with Gasteiger partial charge in [0, 0.05) is 24.9 Å². The first-order chi connectivity index (χ1) is 10.1. The van der Waals surface area contributed by atoms with Crippen LogP contribution in [0.2, 0.25) is 0 Å². The third-order valence-electron chi connectivity index (χ3n) is 2.73. The smallest absolute Gasteiger partial charge is 0.225 e. The summed E-state index contributed by atoms with van der Waals surface area (Å²) in [4.78, 5) is 16.0. The number of methoxy groups -OCH3 is 1. The third-order valence-corrected chi connectivity index (χ3v) is 3.76. The van der Waals surface area contributed by atoms with Gasteiger partial charge in [0.1, 0.15) is 12.1 Å². The van der Waals surface area contributed by atoms with E-state index in [1.165, 1.54) is 18.1 Å². The molecule has 3 N–H and O–H groups in total. The van der Waals surface area contributed by atoms with Gasteiger partial charge >= 0.3 is 0 Å². The molecule has 1 heterocycles. The van der Waals surface area contributed by atoms with Crippen LogP contribution in [0.3, 0.4) is 0 Å². The van der Waals surface area contributed by atoms with Crippen LogP contribution < -0.4 is 15.8 Å². The molecule has 7 nitrogen and oxygen atoms in total. The molecule has 0 saturated carbocycles. The molecular formula is C13H17N5O2S. The van der Waals surface area contributed by atoms with Crippen LogP contribution in [0.5, 0.6) is 5.75 Å². The average molecular weight is 307 g/mol. The Morgan fingerprint density at radius 1 is 1.52 bits per heavy atom. The molecule has 0 radical (unpaired) electrons. The summed E-state index contributed by atoms with van der Waals surface area (Å²) < 4.78 is 6.85. The maximum Gasteiger partial charge on any atom is 0.225 e. The van der Waals surface area contributed by atoms with E-state index in [0.29, 0.717) is 29.3 Å². The number of rotatable bonds is 6. The van der Waals surface area contributed by atoms with Crippen LogP contribution in [0.4, 0.5) is 11.4 Å². The fraction of sp³-hybridized carbons (Fsp3) is 0.308. The lowest BCUT2D eigenvalue weighted by atomic mass is 10.2. The van der Waals surface area contributed by atoms with Crippen molar-refractivity contribution < 1.29 is 9.53 Å². The maximum absolute atomic E-state index is 11.9. The van der Waals surface area contributed by atoms with Gasteiger partial charge in [0.25, 0.3) is 0 Å². The molecule has 0 aliphatic heterocycles. The van der Waals surface area contributed by atoms with Crippen molar-refractivity contribution in [3.8, 4) is 5.75 Å². The SMILES string of the molecule is COc1ccc(N)cc1NC(=O)CCSc1ncnn1C. The van der Waals surface area contributed by atoms with Crippen LogP contribution in [0.15, 0.2) is 29.7 Å². The quantitative estimate of drug-likeness (QED) is 0.621. The molecule has 8 heteroatoms. The van der Waals surface area contributed by atoms with Gasteiger partial charge in [-0.25, -0.2) is 9.67 Å². The third kappa shape index (κ3) is 4.12. The zero-order valence-electron chi connectivity index (χ0n) is 11.9. The summed E-state index contributed by atoms with van der Waals surface area (Å²) in [6, 6.07) is 5.12. The number of benzene rings is 1. The van der Waals surface area contributed by atoms with Crippen molar-refractivity contribution in [2.45, 2.75) is 11.6 Å². The van der Waals surface area contributed by atoms with Gasteiger partial charge in [-0.1, -0.05) is 11.8 Å². The molecule has 0 fully saturated rings. The number of aromatic nitrogens is 3. The van der Waals surface area contributed by atoms with E-state index in [0.717, 1.165) is 5.16 Å². The van der Waals surface area contributed by atoms with E-state index in [1.54, 1.807) is 30.0 Å². The minimum Gasteiger partial charge on any atom is -0.495 e. The number of nitrogens with zero attached hydrogens (tertiary/aromatic N) is 3. The summed E-state index contributed by atoms with van der Waals surface area (Å²) in [5.74, 6) is 1.09. The van der Waals surface area contributed by atoms with Gasteiger partial charge in [-0.2, -0.15) is 5.10 Å². The highest BCUT2D eigenvalue weighted by Gasteiger charge is 2.09. The van der Waals surface area contributed by atoms with Gasteiger partial charge in [0.15, 0.2) is 5.16 Å². The van der Waals surface area contributed by atoms with E-state index in [-0.39, 0.29) is 5.91 Å². The van der Waals surface area contributed by atoms with Crippen molar-refractivity contribution >= 4 is 29.0 Å². The second-order valence-corrected chi connectivity index (χ2v) is 5.33. The number of nitrogen functional groups attached to an aromatic ring is 1. The van der Waals surface area contributed by atoms with Gasteiger partial charge in [0.05, 0.1) is 12.8 Å². The fourth-order valence-corrected chi connectivity index (χ4v) is 2.51. The second-order valence-electron chi connectivity index (χ2n) is 4.27. The molecule has 2 aromatic rings. The highest BCUT2D eigenvalue weighted by molar-refractivity contribution is 7.99. The predicted octanol–water partition coefficient (Wildman–Crippen LogP) is 1.53. The van der Waals surface area contributed by atoms with Gasteiger partial charge in [-0.15, -0.1) is 0 Å². The monoisotopic (exact) mass is 307 g/mol. The highest BCUT2D eigenvalue weighted by atomic mass is 32.2. The summed E-state index contributed by atoms with van der Waals surface area (Å²) in [7, 11) is 3.36.